The SMILES string of the molecule is Cc1nc(C#Cc2ccc(C3CCCCC3)[nH+]c2)cs1. The van der Waals surface area contributed by atoms with Crippen molar-refractivity contribution in [2.24, 2.45) is 0 Å². The molecule has 20 heavy (non-hydrogen) atoms. The first-order valence-electron chi connectivity index (χ1n) is 7.27. The molecule has 1 fully saturated rings. The van der Waals surface area contributed by atoms with E-state index < -0.39 is 0 Å². The number of aromatic amines is 1. The van der Waals surface area contributed by atoms with Crippen molar-refractivity contribution >= 4 is 11.3 Å². The van der Waals surface area contributed by atoms with Gasteiger partial charge in [0.05, 0.1) is 10.6 Å². The van der Waals surface area contributed by atoms with Gasteiger partial charge in [0.2, 0.25) is 0 Å². The third-order valence-electron chi connectivity index (χ3n) is 3.84. The summed E-state index contributed by atoms with van der Waals surface area (Å²) in [6.45, 7) is 2.00. The fraction of sp³-hybridized carbons (Fsp3) is 0.412. The zero-order valence-corrected chi connectivity index (χ0v) is 12.6. The van der Waals surface area contributed by atoms with Crippen molar-refractivity contribution < 1.29 is 4.98 Å². The van der Waals surface area contributed by atoms with Gasteiger partial charge in [0, 0.05) is 17.4 Å². The summed E-state index contributed by atoms with van der Waals surface area (Å²) < 4.78 is 0. The number of H-pyrrole nitrogens is 1. The third kappa shape index (κ3) is 3.26. The zero-order chi connectivity index (χ0) is 13.8. The third-order valence-corrected chi connectivity index (χ3v) is 4.61. The quantitative estimate of drug-likeness (QED) is 0.733. The molecule has 0 spiro atoms. The smallest absolute Gasteiger partial charge is 0.183 e. The van der Waals surface area contributed by atoms with Gasteiger partial charge in [-0.25, -0.2) is 9.97 Å². The second-order valence-electron chi connectivity index (χ2n) is 5.37. The average Bonchev–Trinajstić information content (AvgIpc) is 2.92. The molecule has 1 saturated carbocycles. The highest BCUT2D eigenvalue weighted by molar-refractivity contribution is 7.09. The van der Waals surface area contributed by atoms with Gasteiger partial charge in [-0.05, 0) is 31.8 Å². The van der Waals surface area contributed by atoms with Crippen molar-refractivity contribution in [1.82, 2.24) is 4.98 Å². The Morgan fingerprint density at radius 2 is 2.05 bits per heavy atom. The lowest BCUT2D eigenvalue weighted by Crippen LogP contribution is -2.17. The van der Waals surface area contributed by atoms with Crippen LogP contribution in [0.3, 0.4) is 0 Å². The normalized spacial score (nSPS) is 15.7. The molecule has 0 unspecified atom stereocenters. The highest BCUT2D eigenvalue weighted by Crippen LogP contribution is 2.30. The summed E-state index contributed by atoms with van der Waals surface area (Å²) in [7, 11) is 0. The Hall–Kier alpha value is -1.66. The predicted molar refractivity (Wildman–Crippen MR) is 81.7 cm³/mol. The molecule has 1 N–H and O–H groups in total. The molecule has 3 rings (SSSR count). The summed E-state index contributed by atoms with van der Waals surface area (Å²) in [5.41, 5.74) is 3.25. The molecule has 0 aliphatic heterocycles. The predicted octanol–water partition coefficient (Wildman–Crippen LogP) is 3.71. The molecule has 2 nitrogen and oxygen atoms in total. The Morgan fingerprint density at radius 3 is 2.70 bits per heavy atom. The van der Waals surface area contributed by atoms with E-state index in [0.29, 0.717) is 5.92 Å². The van der Waals surface area contributed by atoms with E-state index in [1.165, 1.54) is 37.8 Å². The van der Waals surface area contributed by atoms with Crippen molar-refractivity contribution in [3.63, 3.8) is 0 Å². The number of nitrogens with one attached hydrogen (secondary N) is 1. The summed E-state index contributed by atoms with van der Waals surface area (Å²) >= 11 is 1.64. The van der Waals surface area contributed by atoms with Gasteiger partial charge in [-0.2, -0.15) is 0 Å². The summed E-state index contributed by atoms with van der Waals surface area (Å²) in [5, 5.41) is 3.07. The van der Waals surface area contributed by atoms with Crippen LogP contribution in [0.25, 0.3) is 0 Å². The van der Waals surface area contributed by atoms with Crippen LogP contribution in [0, 0.1) is 18.8 Å². The van der Waals surface area contributed by atoms with E-state index in [4.69, 9.17) is 0 Å². The van der Waals surface area contributed by atoms with E-state index in [1.54, 1.807) is 11.3 Å². The molecule has 1 aliphatic rings. The van der Waals surface area contributed by atoms with Crippen LogP contribution < -0.4 is 4.98 Å². The van der Waals surface area contributed by atoms with Gasteiger partial charge in [0.1, 0.15) is 5.69 Å². The second-order valence-corrected chi connectivity index (χ2v) is 6.43. The monoisotopic (exact) mass is 283 g/mol. The first-order chi connectivity index (χ1) is 9.81. The topological polar surface area (TPSA) is 27.0 Å². The number of hydrogen-bond acceptors (Lipinski definition) is 2. The number of hydrogen-bond donors (Lipinski definition) is 0. The molecule has 102 valence electrons. The molecular formula is C17H19N2S+. The average molecular weight is 283 g/mol. The lowest BCUT2D eigenvalue weighted by atomic mass is 9.86. The molecule has 0 bridgehead atoms. The Labute approximate surface area is 124 Å². The van der Waals surface area contributed by atoms with Crippen LogP contribution in [0.4, 0.5) is 0 Å². The number of rotatable bonds is 1. The molecule has 0 saturated heterocycles. The lowest BCUT2D eigenvalue weighted by Gasteiger charge is -2.17. The number of aryl methyl sites for hydroxylation is 1. The minimum atomic E-state index is 0.715. The lowest BCUT2D eigenvalue weighted by molar-refractivity contribution is -0.393. The summed E-state index contributed by atoms with van der Waals surface area (Å²) in [4.78, 5) is 7.78. The Kier molecular flexibility index (Phi) is 4.13. The van der Waals surface area contributed by atoms with E-state index in [-0.39, 0.29) is 0 Å². The Morgan fingerprint density at radius 1 is 1.20 bits per heavy atom. The summed E-state index contributed by atoms with van der Waals surface area (Å²) in [6.07, 6.45) is 8.79. The van der Waals surface area contributed by atoms with Crippen LogP contribution in [0.15, 0.2) is 23.7 Å². The summed E-state index contributed by atoms with van der Waals surface area (Å²) in [6, 6.07) is 4.32. The maximum absolute atomic E-state index is 4.35. The van der Waals surface area contributed by atoms with E-state index in [2.05, 4.69) is 33.9 Å². The molecule has 0 radical (unpaired) electrons. The first kappa shape index (κ1) is 13.3. The fourth-order valence-corrected chi connectivity index (χ4v) is 3.28. The van der Waals surface area contributed by atoms with Crippen molar-refractivity contribution in [2.45, 2.75) is 44.9 Å². The van der Waals surface area contributed by atoms with Gasteiger partial charge >= 0.3 is 0 Å². The molecule has 2 heterocycles. The van der Waals surface area contributed by atoms with Crippen molar-refractivity contribution in [3.8, 4) is 11.8 Å². The Balaban J connectivity index is 1.71. The highest BCUT2D eigenvalue weighted by atomic mass is 32.1. The standard InChI is InChI=1S/C17H18N2S/c1-13-19-16(12-20-13)9-7-14-8-10-17(18-11-14)15-5-3-2-4-6-15/h8,10-12,15H,2-6H2,1H3/p+1. The summed E-state index contributed by atoms with van der Waals surface area (Å²) in [5.74, 6) is 6.99. The van der Waals surface area contributed by atoms with Crippen molar-refractivity contribution in [2.75, 3.05) is 0 Å². The van der Waals surface area contributed by atoms with Gasteiger partial charge < -0.3 is 0 Å². The molecule has 1 aliphatic carbocycles. The van der Waals surface area contributed by atoms with Gasteiger partial charge in [-0.1, -0.05) is 25.2 Å². The van der Waals surface area contributed by atoms with Crippen LogP contribution in [0.2, 0.25) is 0 Å². The zero-order valence-electron chi connectivity index (χ0n) is 11.8. The highest BCUT2D eigenvalue weighted by Gasteiger charge is 2.20. The molecular weight excluding hydrogens is 264 g/mol. The van der Waals surface area contributed by atoms with E-state index in [0.717, 1.165) is 16.3 Å². The van der Waals surface area contributed by atoms with E-state index in [1.807, 2.05) is 18.5 Å². The second kappa shape index (κ2) is 6.19. The van der Waals surface area contributed by atoms with Crippen molar-refractivity contribution in [1.29, 1.82) is 0 Å². The first-order valence-corrected chi connectivity index (χ1v) is 8.15. The van der Waals surface area contributed by atoms with Crippen LogP contribution in [-0.2, 0) is 0 Å². The van der Waals surface area contributed by atoms with Gasteiger partial charge in [-0.15, -0.1) is 11.3 Å². The van der Waals surface area contributed by atoms with Crippen LogP contribution in [0.5, 0.6) is 0 Å². The van der Waals surface area contributed by atoms with Crippen LogP contribution >= 0.6 is 11.3 Å². The molecule has 2 aromatic heterocycles. The number of thiazole rings is 1. The minimum Gasteiger partial charge on any atom is -0.233 e. The largest absolute Gasteiger partial charge is 0.233 e. The molecule has 0 atom stereocenters. The fourth-order valence-electron chi connectivity index (χ4n) is 2.74. The maximum Gasteiger partial charge on any atom is 0.183 e. The molecule has 0 amide bonds. The van der Waals surface area contributed by atoms with Gasteiger partial charge in [0.15, 0.2) is 11.9 Å². The van der Waals surface area contributed by atoms with Crippen LogP contribution in [0.1, 0.15) is 60.0 Å². The molecule has 2 aromatic rings. The number of nitrogens with zero attached hydrogens (tertiary/aromatic N) is 1. The van der Waals surface area contributed by atoms with Gasteiger partial charge in [0.25, 0.3) is 0 Å². The number of pyridine rings is 1. The maximum atomic E-state index is 4.35. The molecule has 3 heteroatoms. The van der Waals surface area contributed by atoms with E-state index >= 15 is 0 Å². The number of aromatic nitrogens is 2. The van der Waals surface area contributed by atoms with E-state index in [9.17, 15) is 0 Å². The minimum absolute atomic E-state index is 0.715. The molecule has 0 aromatic carbocycles. The van der Waals surface area contributed by atoms with Gasteiger partial charge in [-0.3, -0.25) is 0 Å². The Bertz CT molecular complexity index is 625. The van der Waals surface area contributed by atoms with Crippen LogP contribution in [-0.4, -0.2) is 4.98 Å². The van der Waals surface area contributed by atoms with Crippen molar-refractivity contribution in [3.05, 3.63) is 45.7 Å².